The molecular weight excluding hydrogens is 344 g/mol. The highest BCUT2D eigenvalue weighted by atomic mass is 16.4. The van der Waals surface area contributed by atoms with Gasteiger partial charge in [-0.25, -0.2) is 9.78 Å². The number of rotatable bonds is 6. The number of carboxylic acids is 1. The fourth-order valence-corrected chi connectivity index (χ4v) is 2.48. The van der Waals surface area contributed by atoms with Crippen LogP contribution in [-0.2, 0) is 0 Å². The van der Waals surface area contributed by atoms with Gasteiger partial charge < -0.3 is 15.7 Å². The molecule has 3 N–H and O–H groups in total. The van der Waals surface area contributed by atoms with Crippen LogP contribution >= 0.6 is 0 Å². The predicted molar refractivity (Wildman–Crippen MR) is 103 cm³/mol. The first-order chi connectivity index (χ1) is 12.9. The van der Waals surface area contributed by atoms with Gasteiger partial charge in [0.25, 0.3) is 0 Å². The third kappa shape index (κ3) is 4.66. The average molecular weight is 362 g/mol. The van der Waals surface area contributed by atoms with Gasteiger partial charge in [0.1, 0.15) is 5.82 Å². The van der Waals surface area contributed by atoms with Crippen LogP contribution in [0, 0.1) is 6.92 Å². The number of anilines is 4. The minimum absolute atomic E-state index is 0.00318. The van der Waals surface area contributed by atoms with Gasteiger partial charge in [0.15, 0.2) is 5.78 Å². The Morgan fingerprint density at radius 3 is 2.30 bits per heavy atom. The van der Waals surface area contributed by atoms with Crippen LogP contribution in [0.5, 0.6) is 0 Å². The summed E-state index contributed by atoms with van der Waals surface area (Å²) >= 11 is 0. The van der Waals surface area contributed by atoms with Gasteiger partial charge in [-0.2, -0.15) is 4.98 Å². The van der Waals surface area contributed by atoms with E-state index in [2.05, 4.69) is 20.6 Å². The molecule has 2 aromatic carbocycles. The number of hydrogen-bond donors (Lipinski definition) is 3. The summed E-state index contributed by atoms with van der Waals surface area (Å²) in [5, 5.41) is 15.3. The van der Waals surface area contributed by atoms with Crippen LogP contribution in [0.4, 0.5) is 23.1 Å². The molecule has 7 nitrogen and oxygen atoms in total. The fourth-order valence-electron chi connectivity index (χ4n) is 2.48. The summed E-state index contributed by atoms with van der Waals surface area (Å²) in [5.41, 5.74) is 2.93. The second-order valence-electron chi connectivity index (χ2n) is 5.99. The van der Waals surface area contributed by atoms with Crippen molar-refractivity contribution in [2.45, 2.75) is 13.8 Å². The van der Waals surface area contributed by atoms with Crippen LogP contribution in [0.2, 0.25) is 0 Å². The minimum atomic E-state index is -0.992. The summed E-state index contributed by atoms with van der Waals surface area (Å²) in [6.07, 6.45) is 0. The van der Waals surface area contributed by atoms with Crippen LogP contribution in [0.1, 0.15) is 33.3 Å². The predicted octanol–water partition coefficient (Wildman–Crippen LogP) is 4.17. The first kappa shape index (κ1) is 18.1. The third-order valence-electron chi connectivity index (χ3n) is 3.78. The van der Waals surface area contributed by atoms with Gasteiger partial charge in [0.2, 0.25) is 5.95 Å². The highest BCUT2D eigenvalue weighted by Crippen LogP contribution is 2.20. The summed E-state index contributed by atoms with van der Waals surface area (Å²) in [4.78, 5) is 31.2. The van der Waals surface area contributed by atoms with E-state index in [0.717, 1.165) is 11.4 Å². The van der Waals surface area contributed by atoms with Gasteiger partial charge in [0.05, 0.1) is 5.56 Å². The SMILES string of the molecule is CC(=O)c1ccc(Nc2nc(C)cc(Nc3cccc(C(=O)O)c3)n2)cc1. The molecule has 3 rings (SSSR count). The zero-order chi connectivity index (χ0) is 19.4. The molecule has 0 saturated carbocycles. The van der Waals surface area contributed by atoms with Crippen molar-refractivity contribution in [3.05, 3.63) is 71.4 Å². The Hall–Kier alpha value is -3.74. The van der Waals surface area contributed by atoms with Crippen molar-refractivity contribution in [3.8, 4) is 0 Å². The summed E-state index contributed by atoms with van der Waals surface area (Å²) in [7, 11) is 0. The quantitative estimate of drug-likeness (QED) is 0.565. The van der Waals surface area contributed by atoms with Gasteiger partial charge in [-0.3, -0.25) is 4.79 Å². The lowest BCUT2D eigenvalue weighted by Crippen LogP contribution is -2.03. The van der Waals surface area contributed by atoms with Gasteiger partial charge in [-0.1, -0.05) is 6.07 Å². The number of aromatic nitrogens is 2. The molecule has 0 radical (unpaired) electrons. The Morgan fingerprint density at radius 1 is 0.889 bits per heavy atom. The molecule has 1 heterocycles. The number of aryl methyl sites for hydroxylation is 1. The molecule has 0 aliphatic rings. The highest BCUT2D eigenvalue weighted by Gasteiger charge is 2.07. The van der Waals surface area contributed by atoms with Crippen molar-refractivity contribution in [3.63, 3.8) is 0 Å². The van der Waals surface area contributed by atoms with E-state index in [-0.39, 0.29) is 11.3 Å². The lowest BCUT2D eigenvalue weighted by Gasteiger charge is -2.10. The number of nitrogens with zero attached hydrogens (tertiary/aromatic N) is 2. The molecule has 0 bridgehead atoms. The smallest absolute Gasteiger partial charge is 0.335 e. The van der Waals surface area contributed by atoms with E-state index in [1.165, 1.54) is 19.1 Å². The van der Waals surface area contributed by atoms with E-state index >= 15 is 0 Å². The molecule has 27 heavy (non-hydrogen) atoms. The number of Topliss-reactive ketones (excluding diaryl/α,β-unsaturated/α-hetero) is 1. The average Bonchev–Trinajstić information content (AvgIpc) is 2.62. The van der Waals surface area contributed by atoms with E-state index in [4.69, 9.17) is 5.11 Å². The maximum absolute atomic E-state index is 11.4. The number of ketones is 1. The molecule has 136 valence electrons. The maximum atomic E-state index is 11.4. The van der Waals surface area contributed by atoms with Gasteiger partial charge >= 0.3 is 5.97 Å². The summed E-state index contributed by atoms with van der Waals surface area (Å²) in [5.74, 6) is -0.0623. The van der Waals surface area contributed by atoms with Crippen molar-refractivity contribution >= 4 is 34.9 Å². The lowest BCUT2D eigenvalue weighted by molar-refractivity contribution is 0.0696. The van der Waals surface area contributed by atoms with Gasteiger partial charge in [0, 0.05) is 28.7 Å². The lowest BCUT2D eigenvalue weighted by atomic mass is 10.1. The van der Waals surface area contributed by atoms with E-state index in [0.29, 0.717) is 23.0 Å². The molecule has 0 atom stereocenters. The summed E-state index contributed by atoms with van der Waals surface area (Å²) in [6.45, 7) is 3.36. The molecule has 0 spiro atoms. The van der Waals surface area contributed by atoms with Gasteiger partial charge in [-0.05, 0) is 56.3 Å². The van der Waals surface area contributed by atoms with Gasteiger partial charge in [-0.15, -0.1) is 0 Å². The molecule has 0 aliphatic heterocycles. The van der Waals surface area contributed by atoms with E-state index in [1.54, 1.807) is 42.5 Å². The zero-order valence-electron chi connectivity index (χ0n) is 14.9. The third-order valence-corrected chi connectivity index (χ3v) is 3.78. The molecule has 0 unspecified atom stereocenters. The first-order valence-electron chi connectivity index (χ1n) is 8.25. The molecule has 0 fully saturated rings. The van der Waals surface area contributed by atoms with Crippen molar-refractivity contribution in [2.75, 3.05) is 10.6 Å². The molecule has 0 saturated heterocycles. The second kappa shape index (κ2) is 7.65. The number of hydrogen-bond acceptors (Lipinski definition) is 6. The molecule has 1 aromatic heterocycles. The van der Waals surface area contributed by atoms with Crippen molar-refractivity contribution < 1.29 is 14.7 Å². The van der Waals surface area contributed by atoms with Crippen LogP contribution in [0.15, 0.2) is 54.6 Å². The largest absolute Gasteiger partial charge is 0.478 e. The van der Waals surface area contributed by atoms with Crippen LogP contribution in [-0.4, -0.2) is 26.8 Å². The Kier molecular flexibility index (Phi) is 5.12. The maximum Gasteiger partial charge on any atom is 0.335 e. The molecule has 0 amide bonds. The Bertz CT molecular complexity index is 1000. The summed E-state index contributed by atoms with van der Waals surface area (Å²) < 4.78 is 0. The van der Waals surface area contributed by atoms with E-state index in [1.807, 2.05) is 6.92 Å². The molecular formula is C20H18N4O3. The van der Waals surface area contributed by atoms with Crippen molar-refractivity contribution in [2.24, 2.45) is 0 Å². The topological polar surface area (TPSA) is 104 Å². The highest BCUT2D eigenvalue weighted by molar-refractivity contribution is 5.94. The number of carbonyl (C=O) groups is 2. The Balaban J connectivity index is 1.80. The number of nitrogens with one attached hydrogen (secondary N) is 2. The van der Waals surface area contributed by atoms with Crippen LogP contribution in [0.25, 0.3) is 0 Å². The Morgan fingerprint density at radius 2 is 1.63 bits per heavy atom. The fraction of sp³-hybridized carbons (Fsp3) is 0.100. The van der Waals surface area contributed by atoms with Crippen LogP contribution in [0.3, 0.4) is 0 Å². The van der Waals surface area contributed by atoms with Crippen molar-refractivity contribution in [1.82, 2.24) is 9.97 Å². The number of aromatic carboxylic acids is 1. The van der Waals surface area contributed by atoms with Crippen molar-refractivity contribution in [1.29, 1.82) is 0 Å². The van der Waals surface area contributed by atoms with E-state index < -0.39 is 5.97 Å². The number of benzene rings is 2. The number of carboxylic acid groups (broad SMARTS) is 1. The first-order valence-corrected chi connectivity index (χ1v) is 8.25. The molecule has 7 heteroatoms. The zero-order valence-corrected chi connectivity index (χ0v) is 14.9. The second-order valence-corrected chi connectivity index (χ2v) is 5.99. The molecule has 0 aliphatic carbocycles. The monoisotopic (exact) mass is 362 g/mol. The minimum Gasteiger partial charge on any atom is -0.478 e. The normalized spacial score (nSPS) is 10.3. The number of carbonyl (C=O) groups excluding carboxylic acids is 1. The van der Waals surface area contributed by atoms with E-state index in [9.17, 15) is 9.59 Å². The summed E-state index contributed by atoms with van der Waals surface area (Å²) in [6, 6.07) is 15.3. The van der Waals surface area contributed by atoms with Crippen LogP contribution < -0.4 is 10.6 Å². The standard InChI is InChI=1S/C20H18N4O3/c1-12-10-18(22-17-5-3-4-15(11-17)19(26)27)24-20(21-12)23-16-8-6-14(7-9-16)13(2)25/h3-11H,1-2H3,(H,26,27)(H2,21,22,23,24). The Labute approximate surface area is 156 Å². The molecule has 3 aromatic rings.